The molecular formula is C17H23BrN6O. The number of carbonyl (C=O) groups excluding carboxylic acids is 1. The van der Waals surface area contributed by atoms with Gasteiger partial charge in [-0.15, -0.1) is 0 Å². The molecular weight excluding hydrogens is 384 g/mol. The van der Waals surface area contributed by atoms with E-state index in [1.54, 1.807) is 13.3 Å². The summed E-state index contributed by atoms with van der Waals surface area (Å²) >= 11 is 3.61. The standard InChI is InChI=1S/C17H23BrN6O/c1-21-7-9(6-19)15-13-10(8-22-17(13)25)14(18)16(24-15)23-12-5-3-2-4-11(12)20/h6-7,11-12H,2-5,8,19-20H2,1H3,(H,22,25)(H,23,24)/t11-,12+/m0/s1. The topological polar surface area (TPSA) is 118 Å². The summed E-state index contributed by atoms with van der Waals surface area (Å²) < 4.78 is 0.798. The second-order valence-electron chi connectivity index (χ2n) is 6.37. The Bertz CT molecular complexity index is 745. The fourth-order valence-corrected chi connectivity index (χ4v) is 3.96. The van der Waals surface area contributed by atoms with Gasteiger partial charge < -0.3 is 22.1 Å². The van der Waals surface area contributed by atoms with Crippen LogP contribution in [-0.4, -0.2) is 36.2 Å². The Hall–Kier alpha value is -1.93. The Morgan fingerprint density at radius 3 is 2.88 bits per heavy atom. The van der Waals surface area contributed by atoms with E-state index in [-0.39, 0.29) is 18.0 Å². The number of hydrogen-bond donors (Lipinski definition) is 4. The van der Waals surface area contributed by atoms with Crippen molar-refractivity contribution in [2.45, 2.75) is 44.3 Å². The largest absolute Gasteiger partial charge is 0.404 e. The van der Waals surface area contributed by atoms with Gasteiger partial charge in [0.1, 0.15) is 5.82 Å². The molecule has 134 valence electrons. The summed E-state index contributed by atoms with van der Waals surface area (Å²) in [6.07, 6.45) is 7.36. The van der Waals surface area contributed by atoms with E-state index in [9.17, 15) is 4.79 Å². The fraction of sp³-hybridized carbons (Fsp3) is 0.471. The van der Waals surface area contributed by atoms with Crippen molar-refractivity contribution in [1.82, 2.24) is 10.3 Å². The van der Waals surface area contributed by atoms with E-state index >= 15 is 0 Å². The molecule has 1 saturated carbocycles. The minimum Gasteiger partial charge on any atom is -0.404 e. The first-order valence-corrected chi connectivity index (χ1v) is 9.23. The highest BCUT2D eigenvalue weighted by Gasteiger charge is 2.31. The quantitative estimate of drug-likeness (QED) is 0.568. The number of nitrogens with one attached hydrogen (secondary N) is 2. The van der Waals surface area contributed by atoms with Crippen LogP contribution in [0.5, 0.6) is 0 Å². The van der Waals surface area contributed by atoms with E-state index in [0.29, 0.717) is 29.2 Å². The van der Waals surface area contributed by atoms with Crippen molar-refractivity contribution in [3.8, 4) is 0 Å². The third kappa shape index (κ3) is 3.41. The molecule has 1 aliphatic heterocycles. The third-order valence-electron chi connectivity index (χ3n) is 4.75. The van der Waals surface area contributed by atoms with Gasteiger partial charge in [-0.2, -0.15) is 0 Å². The molecule has 25 heavy (non-hydrogen) atoms. The van der Waals surface area contributed by atoms with Gasteiger partial charge in [-0.25, -0.2) is 4.98 Å². The lowest BCUT2D eigenvalue weighted by molar-refractivity contribution is 0.0965. The van der Waals surface area contributed by atoms with E-state index in [2.05, 4.69) is 31.6 Å². The zero-order chi connectivity index (χ0) is 18.0. The van der Waals surface area contributed by atoms with Gasteiger partial charge in [-0.3, -0.25) is 9.79 Å². The monoisotopic (exact) mass is 406 g/mol. The molecule has 0 radical (unpaired) electrons. The molecule has 0 spiro atoms. The molecule has 0 bridgehead atoms. The number of pyridine rings is 1. The van der Waals surface area contributed by atoms with Gasteiger partial charge in [0.2, 0.25) is 0 Å². The first-order valence-electron chi connectivity index (χ1n) is 8.44. The zero-order valence-electron chi connectivity index (χ0n) is 14.2. The molecule has 0 saturated heterocycles. The molecule has 2 aliphatic rings. The normalized spacial score (nSPS) is 23.6. The predicted octanol–water partition coefficient (Wildman–Crippen LogP) is 1.77. The first-order chi connectivity index (χ1) is 12.1. The van der Waals surface area contributed by atoms with Crippen LogP contribution in [0.25, 0.3) is 5.57 Å². The Labute approximate surface area is 155 Å². The van der Waals surface area contributed by atoms with E-state index < -0.39 is 0 Å². The molecule has 2 atom stereocenters. The second-order valence-corrected chi connectivity index (χ2v) is 7.16. The van der Waals surface area contributed by atoms with Crippen molar-refractivity contribution in [2.24, 2.45) is 16.5 Å². The van der Waals surface area contributed by atoms with Crippen LogP contribution >= 0.6 is 15.9 Å². The van der Waals surface area contributed by atoms with Gasteiger partial charge in [0.15, 0.2) is 0 Å². The number of fused-ring (bicyclic) bond motifs is 1. The number of nitrogens with two attached hydrogens (primary N) is 2. The first kappa shape index (κ1) is 17.9. The molecule has 3 rings (SSSR count). The van der Waals surface area contributed by atoms with Crippen molar-refractivity contribution in [3.05, 3.63) is 27.5 Å². The maximum absolute atomic E-state index is 12.3. The summed E-state index contributed by atoms with van der Waals surface area (Å²) in [5, 5.41) is 6.32. The predicted molar refractivity (Wildman–Crippen MR) is 104 cm³/mol. The number of amides is 1. The summed E-state index contributed by atoms with van der Waals surface area (Å²) in [6.45, 7) is 0.455. The molecule has 0 aromatic carbocycles. The molecule has 1 aromatic rings. The lowest BCUT2D eigenvalue weighted by Gasteiger charge is -2.30. The average Bonchev–Trinajstić information content (AvgIpc) is 3.00. The van der Waals surface area contributed by atoms with Crippen LogP contribution in [0.2, 0.25) is 0 Å². The molecule has 2 heterocycles. The Morgan fingerprint density at radius 1 is 1.44 bits per heavy atom. The summed E-state index contributed by atoms with van der Waals surface area (Å²) in [7, 11) is 1.66. The van der Waals surface area contributed by atoms with Gasteiger partial charge in [0.25, 0.3) is 5.91 Å². The smallest absolute Gasteiger partial charge is 0.254 e. The molecule has 7 nitrogen and oxygen atoms in total. The number of hydrogen-bond acceptors (Lipinski definition) is 6. The number of carbonyl (C=O) groups is 1. The van der Waals surface area contributed by atoms with E-state index in [4.69, 9.17) is 16.5 Å². The SMILES string of the molecule is CN=CC(=CN)c1nc(N[C@@H]2CCCC[C@@H]2N)c(Br)c2c1C(=O)NC2. The number of allylic oxidation sites excluding steroid dienone is 1. The summed E-state index contributed by atoms with van der Waals surface area (Å²) in [5.74, 6) is 0.541. The third-order valence-corrected chi connectivity index (χ3v) is 5.60. The Balaban J connectivity index is 2.06. The Morgan fingerprint density at radius 2 is 2.20 bits per heavy atom. The van der Waals surface area contributed by atoms with Gasteiger partial charge in [0, 0.05) is 49.2 Å². The average molecular weight is 407 g/mol. The van der Waals surface area contributed by atoms with Crippen molar-refractivity contribution >= 4 is 39.4 Å². The van der Waals surface area contributed by atoms with Crippen LogP contribution in [0.1, 0.15) is 47.3 Å². The van der Waals surface area contributed by atoms with E-state index in [1.807, 2.05) is 0 Å². The van der Waals surface area contributed by atoms with Crippen LogP contribution < -0.4 is 22.1 Å². The lowest BCUT2D eigenvalue weighted by atomic mass is 9.91. The number of nitrogens with zero attached hydrogens (tertiary/aromatic N) is 2. The second kappa shape index (κ2) is 7.53. The zero-order valence-corrected chi connectivity index (χ0v) is 15.8. The lowest BCUT2D eigenvalue weighted by Crippen LogP contribution is -2.42. The van der Waals surface area contributed by atoms with Crippen molar-refractivity contribution in [3.63, 3.8) is 0 Å². The van der Waals surface area contributed by atoms with Gasteiger partial charge >= 0.3 is 0 Å². The number of rotatable bonds is 4. The van der Waals surface area contributed by atoms with Gasteiger partial charge in [-0.1, -0.05) is 12.8 Å². The minimum atomic E-state index is -0.150. The number of aliphatic imine (C=N–C) groups is 1. The van der Waals surface area contributed by atoms with Crippen LogP contribution in [-0.2, 0) is 6.54 Å². The maximum atomic E-state index is 12.3. The fourth-order valence-electron chi connectivity index (χ4n) is 3.42. The number of halogens is 1. The summed E-state index contributed by atoms with van der Waals surface area (Å²) in [4.78, 5) is 21.0. The van der Waals surface area contributed by atoms with Crippen LogP contribution in [0, 0.1) is 0 Å². The minimum absolute atomic E-state index is 0.0978. The van der Waals surface area contributed by atoms with E-state index in [1.165, 1.54) is 6.20 Å². The highest BCUT2D eigenvalue weighted by atomic mass is 79.9. The van der Waals surface area contributed by atoms with E-state index in [0.717, 1.165) is 35.7 Å². The summed E-state index contributed by atoms with van der Waals surface area (Å²) in [5.41, 5.74) is 14.6. The van der Waals surface area contributed by atoms with Crippen molar-refractivity contribution in [1.29, 1.82) is 0 Å². The van der Waals surface area contributed by atoms with Crippen LogP contribution in [0.15, 0.2) is 15.7 Å². The van der Waals surface area contributed by atoms with Gasteiger partial charge in [-0.05, 0) is 28.8 Å². The van der Waals surface area contributed by atoms with Crippen molar-refractivity contribution < 1.29 is 4.79 Å². The molecule has 1 aromatic heterocycles. The van der Waals surface area contributed by atoms with Crippen molar-refractivity contribution in [2.75, 3.05) is 12.4 Å². The molecule has 1 fully saturated rings. The molecule has 0 unspecified atom stereocenters. The molecule has 1 aliphatic carbocycles. The van der Waals surface area contributed by atoms with Gasteiger partial charge in [0.05, 0.1) is 15.7 Å². The highest BCUT2D eigenvalue weighted by molar-refractivity contribution is 9.10. The number of aromatic nitrogens is 1. The van der Waals surface area contributed by atoms with Crippen LogP contribution in [0.3, 0.4) is 0 Å². The maximum Gasteiger partial charge on any atom is 0.254 e. The Kier molecular flexibility index (Phi) is 5.39. The highest BCUT2D eigenvalue weighted by Crippen LogP contribution is 2.35. The van der Waals surface area contributed by atoms with Crippen LogP contribution in [0.4, 0.5) is 5.82 Å². The molecule has 6 N–H and O–H groups in total. The molecule has 1 amide bonds. The molecule has 8 heteroatoms. The number of anilines is 1. The summed E-state index contributed by atoms with van der Waals surface area (Å²) in [6, 6.07) is 0.263.